The first-order valence-corrected chi connectivity index (χ1v) is 12.3. The summed E-state index contributed by atoms with van der Waals surface area (Å²) in [6.45, 7) is 3.74. The van der Waals surface area contributed by atoms with Crippen LogP contribution in [0.4, 0.5) is 4.79 Å². The monoisotopic (exact) mass is 429 g/mol. The molecule has 0 aromatic heterocycles. The Bertz CT molecular complexity index is 773. The van der Waals surface area contributed by atoms with Crippen molar-refractivity contribution < 1.29 is 19.2 Å². The second kappa shape index (κ2) is 7.59. The highest BCUT2D eigenvalue weighted by molar-refractivity contribution is 6.45. The number of imide groups is 2. The quantitative estimate of drug-likeness (QED) is 0.537. The predicted molar refractivity (Wildman–Crippen MR) is 114 cm³/mol. The Kier molecular flexibility index (Phi) is 5.13. The van der Waals surface area contributed by atoms with E-state index in [0.717, 1.165) is 53.2 Å². The summed E-state index contributed by atoms with van der Waals surface area (Å²) in [5.74, 6) is 0.574. The molecule has 0 unspecified atom stereocenters. The fourth-order valence-corrected chi connectivity index (χ4v) is 7.93. The van der Waals surface area contributed by atoms with E-state index in [4.69, 9.17) is 0 Å². The van der Waals surface area contributed by atoms with Crippen LogP contribution in [-0.2, 0) is 14.4 Å². The number of carbonyl (C=O) groups excluding carboxylic acids is 4. The number of amides is 5. The van der Waals surface area contributed by atoms with Crippen LogP contribution < -0.4 is 5.32 Å². The van der Waals surface area contributed by atoms with Crippen molar-refractivity contribution >= 4 is 23.8 Å². The van der Waals surface area contributed by atoms with Crippen LogP contribution in [0, 0.1) is 29.1 Å². The molecule has 7 nitrogen and oxygen atoms in total. The highest BCUT2D eigenvalue weighted by Gasteiger charge is 2.54. The Balaban J connectivity index is 1.24. The van der Waals surface area contributed by atoms with Gasteiger partial charge in [0.25, 0.3) is 0 Å². The minimum absolute atomic E-state index is 0.0198. The molecule has 4 bridgehead atoms. The Morgan fingerprint density at radius 1 is 1.00 bits per heavy atom. The van der Waals surface area contributed by atoms with Gasteiger partial charge in [-0.3, -0.25) is 19.3 Å². The van der Waals surface area contributed by atoms with Crippen molar-refractivity contribution in [3.63, 3.8) is 0 Å². The van der Waals surface area contributed by atoms with Gasteiger partial charge in [-0.25, -0.2) is 9.69 Å². The summed E-state index contributed by atoms with van der Waals surface area (Å²) >= 11 is 0. The highest BCUT2D eigenvalue weighted by atomic mass is 16.2. The van der Waals surface area contributed by atoms with Crippen molar-refractivity contribution in [2.24, 2.45) is 29.1 Å². The molecular weight excluding hydrogens is 394 g/mol. The lowest BCUT2D eigenvalue weighted by molar-refractivity contribution is -0.145. The molecule has 31 heavy (non-hydrogen) atoms. The molecule has 0 aromatic carbocycles. The first-order chi connectivity index (χ1) is 14.8. The van der Waals surface area contributed by atoms with Crippen LogP contribution in [0.1, 0.15) is 78.1 Å². The molecule has 6 rings (SSSR count). The maximum atomic E-state index is 12.9. The molecule has 7 heteroatoms. The van der Waals surface area contributed by atoms with Crippen LogP contribution in [-0.4, -0.2) is 52.2 Å². The molecule has 1 heterocycles. The average Bonchev–Trinajstić information content (AvgIpc) is 2.91. The zero-order valence-electron chi connectivity index (χ0n) is 18.8. The SMILES string of the molecule is C[C@@H]1CCCC[C@H]1N1C(=O)C(=O)N(CC(=O)N[C@@H](C)C23CC4CC(CC(C4)C2)C3)C1=O. The lowest BCUT2D eigenvalue weighted by atomic mass is 9.48. The zero-order chi connectivity index (χ0) is 21.9. The van der Waals surface area contributed by atoms with E-state index in [1.807, 2.05) is 6.92 Å². The van der Waals surface area contributed by atoms with Crippen molar-refractivity contribution in [1.82, 2.24) is 15.1 Å². The van der Waals surface area contributed by atoms with Gasteiger partial charge < -0.3 is 5.32 Å². The van der Waals surface area contributed by atoms with Crippen LogP contribution >= 0.6 is 0 Å². The first-order valence-electron chi connectivity index (χ1n) is 12.3. The van der Waals surface area contributed by atoms with E-state index in [9.17, 15) is 19.2 Å². The number of carbonyl (C=O) groups is 4. The Labute approximate surface area is 184 Å². The first kappa shape index (κ1) is 21.0. The third-order valence-corrected chi connectivity index (χ3v) is 9.17. The van der Waals surface area contributed by atoms with Crippen LogP contribution in [0.2, 0.25) is 0 Å². The van der Waals surface area contributed by atoms with E-state index < -0.39 is 17.8 Å². The molecule has 6 fully saturated rings. The van der Waals surface area contributed by atoms with Gasteiger partial charge in [-0.2, -0.15) is 0 Å². The fraction of sp³-hybridized carbons (Fsp3) is 0.833. The number of urea groups is 1. The summed E-state index contributed by atoms with van der Waals surface area (Å²) in [5, 5.41) is 3.11. The summed E-state index contributed by atoms with van der Waals surface area (Å²) in [4.78, 5) is 52.9. The fourth-order valence-electron chi connectivity index (χ4n) is 7.93. The standard InChI is InChI=1S/C24H35N3O4/c1-14-5-3-4-6-19(14)27-22(30)21(29)26(23(27)31)13-20(28)25-15(2)24-10-16-7-17(11-24)9-18(8-16)12-24/h14-19H,3-13H2,1-2H3,(H,25,28)/t14-,15+,16?,17?,18?,19-,24?/m1/s1. The Morgan fingerprint density at radius 2 is 1.58 bits per heavy atom. The number of nitrogens with zero attached hydrogens (tertiary/aromatic N) is 2. The molecule has 5 amide bonds. The number of hydrogen-bond donors (Lipinski definition) is 1. The Hall–Kier alpha value is -1.92. The smallest absolute Gasteiger partial charge is 0.334 e. The largest absolute Gasteiger partial charge is 0.352 e. The van der Waals surface area contributed by atoms with Crippen LogP contribution in [0.3, 0.4) is 0 Å². The molecule has 0 radical (unpaired) electrons. The molecule has 5 saturated carbocycles. The number of rotatable bonds is 5. The van der Waals surface area contributed by atoms with Crippen molar-refractivity contribution in [3.05, 3.63) is 0 Å². The molecule has 3 atom stereocenters. The molecule has 170 valence electrons. The number of nitrogens with one attached hydrogen (secondary N) is 1. The zero-order valence-corrected chi connectivity index (χ0v) is 18.8. The van der Waals surface area contributed by atoms with Gasteiger partial charge in [0.1, 0.15) is 6.54 Å². The van der Waals surface area contributed by atoms with Crippen molar-refractivity contribution in [2.75, 3.05) is 6.54 Å². The topological polar surface area (TPSA) is 86.8 Å². The second-order valence-corrected chi connectivity index (χ2v) is 11.2. The molecule has 1 N–H and O–H groups in total. The van der Waals surface area contributed by atoms with Gasteiger partial charge in [0.05, 0.1) is 0 Å². The van der Waals surface area contributed by atoms with Crippen LogP contribution in [0.25, 0.3) is 0 Å². The summed E-state index contributed by atoms with van der Waals surface area (Å²) in [6.07, 6.45) is 11.2. The maximum absolute atomic E-state index is 12.9. The van der Waals surface area contributed by atoms with E-state index in [-0.39, 0.29) is 35.9 Å². The second-order valence-electron chi connectivity index (χ2n) is 11.2. The molecule has 0 aromatic rings. The minimum Gasteiger partial charge on any atom is -0.352 e. The van der Waals surface area contributed by atoms with Gasteiger partial charge >= 0.3 is 17.8 Å². The summed E-state index contributed by atoms with van der Waals surface area (Å²) in [7, 11) is 0. The van der Waals surface area contributed by atoms with Crippen LogP contribution in [0.15, 0.2) is 0 Å². The van der Waals surface area contributed by atoms with Gasteiger partial charge in [0.15, 0.2) is 0 Å². The molecular formula is C24H35N3O4. The summed E-state index contributed by atoms with van der Waals surface area (Å²) < 4.78 is 0. The third kappa shape index (κ3) is 3.48. The average molecular weight is 430 g/mol. The summed E-state index contributed by atoms with van der Waals surface area (Å²) in [5.41, 5.74) is 0.156. The van der Waals surface area contributed by atoms with E-state index in [0.29, 0.717) is 0 Å². The van der Waals surface area contributed by atoms with Gasteiger partial charge in [0, 0.05) is 12.1 Å². The maximum Gasteiger partial charge on any atom is 0.334 e. The summed E-state index contributed by atoms with van der Waals surface area (Å²) in [6, 6.07) is -0.838. The van der Waals surface area contributed by atoms with Gasteiger partial charge in [-0.1, -0.05) is 19.8 Å². The molecule has 0 spiro atoms. The Morgan fingerprint density at radius 3 is 2.16 bits per heavy atom. The highest BCUT2D eigenvalue weighted by Crippen LogP contribution is 2.61. The van der Waals surface area contributed by atoms with Gasteiger partial charge in [-0.15, -0.1) is 0 Å². The lowest BCUT2D eigenvalue weighted by Crippen LogP contribution is -2.57. The third-order valence-electron chi connectivity index (χ3n) is 9.17. The minimum atomic E-state index is -0.861. The van der Waals surface area contributed by atoms with E-state index in [1.54, 1.807) is 0 Å². The molecule has 1 saturated heterocycles. The molecule has 5 aliphatic carbocycles. The van der Waals surface area contributed by atoms with Crippen molar-refractivity contribution in [3.8, 4) is 0 Å². The van der Waals surface area contributed by atoms with E-state index in [2.05, 4.69) is 12.2 Å². The van der Waals surface area contributed by atoms with E-state index in [1.165, 1.54) is 38.5 Å². The van der Waals surface area contributed by atoms with Gasteiger partial charge in [-0.05, 0) is 87.4 Å². The predicted octanol–water partition coefficient (Wildman–Crippen LogP) is 3.08. The van der Waals surface area contributed by atoms with Crippen molar-refractivity contribution in [1.29, 1.82) is 0 Å². The van der Waals surface area contributed by atoms with Crippen molar-refractivity contribution in [2.45, 2.75) is 90.1 Å². The normalized spacial score (nSPS) is 40.6. The lowest BCUT2D eigenvalue weighted by Gasteiger charge is -2.59. The van der Waals surface area contributed by atoms with Crippen LogP contribution in [0.5, 0.6) is 0 Å². The molecule has 1 aliphatic heterocycles. The molecule has 6 aliphatic rings. The van der Waals surface area contributed by atoms with E-state index >= 15 is 0 Å². The van der Waals surface area contributed by atoms with Gasteiger partial charge in [0.2, 0.25) is 5.91 Å². The number of hydrogen-bond acceptors (Lipinski definition) is 4.